The van der Waals surface area contributed by atoms with Crippen LogP contribution >= 0.6 is 0 Å². The molecule has 1 unspecified atom stereocenters. The van der Waals surface area contributed by atoms with Gasteiger partial charge in [0.1, 0.15) is 0 Å². The van der Waals surface area contributed by atoms with Crippen LogP contribution in [0.5, 0.6) is 0 Å². The molecule has 1 saturated heterocycles. The number of ether oxygens (including phenoxy) is 2. The maximum absolute atomic E-state index is 11.4. The third kappa shape index (κ3) is 5.48. The molecule has 21 heavy (non-hydrogen) atoms. The average molecular weight is 291 g/mol. The van der Waals surface area contributed by atoms with E-state index in [4.69, 9.17) is 9.47 Å². The van der Waals surface area contributed by atoms with Crippen molar-refractivity contribution in [2.45, 2.75) is 38.8 Å². The summed E-state index contributed by atoms with van der Waals surface area (Å²) in [7, 11) is 1.44. The van der Waals surface area contributed by atoms with Crippen LogP contribution in [0.2, 0.25) is 0 Å². The van der Waals surface area contributed by atoms with Gasteiger partial charge >= 0.3 is 5.97 Å². The minimum absolute atomic E-state index is 0.156. The lowest BCUT2D eigenvalue weighted by Gasteiger charge is -2.25. The topological polar surface area (TPSA) is 38.8 Å². The van der Waals surface area contributed by atoms with Gasteiger partial charge in [0.2, 0.25) is 0 Å². The number of nitrogens with zero attached hydrogens (tertiary/aromatic N) is 1. The third-order valence-corrected chi connectivity index (χ3v) is 3.83. The minimum Gasteiger partial charge on any atom is -0.469 e. The predicted molar refractivity (Wildman–Crippen MR) is 82.1 cm³/mol. The highest BCUT2D eigenvalue weighted by molar-refractivity contribution is 5.69. The molecule has 1 fully saturated rings. The lowest BCUT2D eigenvalue weighted by molar-refractivity contribution is -0.141. The van der Waals surface area contributed by atoms with E-state index in [2.05, 4.69) is 36.1 Å². The highest BCUT2D eigenvalue weighted by atomic mass is 16.5. The molecular formula is C17H25NO3. The van der Waals surface area contributed by atoms with Crippen molar-refractivity contribution in [1.82, 2.24) is 4.90 Å². The summed E-state index contributed by atoms with van der Waals surface area (Å²) in [6.07, 6.45) is 2.98. The summed E-state index contributed by atoms with van der Waals surface area (Å²) in [5, 5.41) is 0. The number of benzene rings is 1. The molecule has 0 spiro atoms. The fourth-order valence-corrected chi connectivity index (χ4v) is 2.73. The first-order valence-corrected chi connectivity index (χ1v) is 7.63. The zero-order valence-electron chi connectivity index (χ0n) is 13.0. The second-order valence-electron chi connectivity index (χ2n) is 5.69. The molecule has 1 aliphatic heterocycles. The molecule has 1 aromatic carbocycles. The fraction of sp³-hybridized carbons (Fsp3) is 0.588. The van der Waals surface area contributed by atoms with Crippen LogP contribution < -0.4 is 0 Å². The zero-order chi connectivity index (χ0) is 15.1. The van der Waals surface area contributed by atoms with Crippen molar-refractivity contribution < 1.29 is 14.3 Å². The molecule has 0 bridgehead atoms. The van der Waals surface area contributed by atoms with Crippen molar-refractivity contribution in [3.63, 3.8) is 0 Å². The summed E-state index contributed by atoms with van der Waals surface area (Å²) in [5.41, 5.74) is 2.54. The standard InChI is InChI=1S/C17H25NO3/c1-14-5-3-6-15(11-14)12-18(9-8-17(19)20-2)13-16-7-4-10-21-16/h3,5-6,11,16H,4,7-10,12-13H2,1-2H3. The van der Waals surface area contributed by atoms with Gasteiger partial charge in [0.05, 0.1) is 19.6 Å². The van der Waals surface area contributed by atoms with Gasteiger partial charge in [0.25, 0.3) is 0 Å². The molecular weight excluding hydrogens is 266 g/mol. The molecule has 1 aromatic rings. The van der Waals surface area contributed by atoms with Crippen LogP contribution in [0.15, 0.2) is 24.3 Å². The van der Waals surface area contributed by atoms with E-state index in [1.165, 1.54) is 18.2 Å². The second kappa shape index (κ2) is 8.15. The van der Waals surface area contributed by atoms with Crippen molar-refractivity contribution in [3.8, 4) is 0 Å². The van der Waals surface area contributed by atoms with Gasteiger partial charge in [-0.1, -0.05) is 29.8 Å². The first kappa shape index (κ1) is 16.0. The number of carbonyl (C=O) groups excluding carboxylic acids is 1. The first-order valence-electron chi connectivity index (χ1n) is 7.63. The number of hydrogen-bond acceptors (Lipinski definition) is 4. The van der Waals surface area contributed by atoms with E-state index in [0.717, 1.165) is 32.5 Å². The Hall–Kier alpha value is -1.39. The Bertz CT molecular complexity index is 455. The molecule has 1 aliphatic rings. The Morgan fingerprint density at radius 3 is 3.00 bits per heavy atom. The molecule has 4 heteroatoms. The first-order chi connectivity index (χ1) is 10.2. The summed E-state index contributed by atoms with van der Waals surface area (Å²) in [6, 6.07) is 8.51. The molecule has 116 valence electrons. The number of hydrogen-bond donors (Lipinski definition) is 0. The van der Waals surface area contributed by atoms with Crippen molar-refractivity contribution >= 4 is 5.97 Å². The van der Waals surface area contributed by atoms with Crippen molar-refractivity contribution in [2.75, 3.05) is 26.8 Å². The molecule has 0 aliphatic carbocycles. The van der Waals surface area contributed by atoms with Gasteiger partial charge in [-0.05, 0) is 25.3 Å². The van der Waals surface area contributed by atoms with Crippen LogP contribution in [0, 0.1) is 6.92 Å². The number of rotatable bonds is 7. The molecule has 0 saturated carbocycles. The third-order valence-electron chi connectivity index (χ3n) is 3.83. The quantitative estimate of drug-likeness (QED) is 0.724. The van der Waals surface area contributed by atoms with E-state index >= 15 is 0 Å². The largest absolute Gasteiger partial charge is 0.469 e. The van der Waals surface area contributed by atoms with Gasteiger partial charge in [-0.25, -0.2) is 0 Å². The fourth-order valence-electron chi connectivity index (χ4n) is 2.73. The van der Waals surface area contributed by atoms with E-state index in [1.807, 2.05) is 0 Å². The predicted octanol–water partition coefficient (Wildman–Crippen LogP) is 2.54. The minimum atomic E-state index is -0.156. The Morgan fingerprint density at radius 1 is 1.48 bits per heavy atom. The molecule has 4 nitrogen and oxygen atoms in total. The van der Waals surface area contributed by atoms with Gasteiger partial charge in [-0.15, -0.1) is 0 Å². The maximum atomic E-state index is 11.4. The summed E-state index contributed by atoms with van der Waals surface area (Å²) in [4.78, 5) is 13.7. The van der Waals surface area contributed by atoms with Crippen LogP contribution in [0.1, 0.15) is 30.4 Å². The van der Waals surface area contributed by atoms with Crippen LogP contribution in [0.25, 0.3) is 0 Å². The molecule has 2 rings (SSSR count). The van der Waals surface area contributed by atoms with Crippen molar-refractivity contribution in [3.05, 3.63) is 35.4 Å². The van der Waals surface area contributed by atoms with Crippen LogP contribution in [-0.2, 0) is 20.8 Å². The Balaban J connectivity index is 1.94. The molecule has 1 heterocycles. The highest BCUT2D eigenvalue weighted by Crippen LogP contribution is 2.16. The molecule has 0 aromatic heterocycles. The average Bonchev–Trinajstić information content (AvgIpc) is 2.97. The molecule has 0 amide bonds. The Kier molecular flexibility index (Phi) is 6.21. The second-order valence-corrected chi connectivity index (χ2v) is 5.69. The number of aryl methyl sites for hydroxylation is 1. The van der Waals surface area contributed by atoms with E-state index in [1.54, 1.807) is 0 Å². The molecule has 0 N–H and O–H groups in total. The van der Waals surface area contributed by atoms with Gasteiger partial charge in [0.15, 0.2) is 0 Å². The van der Waals surface area contributed by atoms with Crippen LogP contribution in [0.3, 0.4) is 0 Å². The summed E-state index contributed by atoms with van der Waals surface area (Å²) in [6.45, 7) is 5.40. The monoisotopic (exact) mass is 291 g/mol. The van der Waals surface area contributed by atoms with Gasteiger partial charge in [-0.3, -0.25) is 9.69 Å². The highest BCUT2D eigenvalue weighted by Gasteiger charge is 2.20. The maximum Gasteiger partial charge on any atom is 0.306 e. The van der Waals surface area contributed by atoms with Crippen LogP contribution in [-0.4, -0.2) is 43.8 Å². The number of methoxy groups -OCH3 is 1. The van der Waals surface area contributed by atoms with E-state index in [9.17, 15) is 4.79 Å². The lowest BCUT2D eigenvalue weighted by Crippen LogP contribution is -2.33. The smallest absolute Gasteiger partial charge is 0.306 e. The molecule has 1 atom stereocenters. The number of carbonyl (C=O) groups is 1. The summed E-state index contributed by atoms with van der Waals surface area (Å²) in [5.74, 6) is -0.156. The number of esters is 1. The molecule has 0 radical (unpaired) electrons. The van der Waals surface area contributed by atoms with Gasteiger partial charge in [-0.2, -0.15) is 0 Å². The lowest BCUT2D eigenvalue weighted by atomic mass is 10.1. The normalized spacial score (nSPS) is 18.1. The Morgan fingerprint density at radius 2 is 2.33 bits per heavy atom. The summed E-state index contributed by atoms with van der Waals surface area (Å²) < 4.78 is 10.5. The van der Waals surface area contributed by atoms with E-state index in [-0.39, 0.29) is 5.97 Å². The summed E-state index contributed by atoms with van der Waals surface area (Å²) >= 11 is 0. The van der Waals surface area contributed by atoms with Gasteiger partial charge < -0.3 is 9.47 Å². The van der Waals surface area contributed by atoms with E-state index in [0.29, 0.717) is 19.1 Å². The van der Waals surface area contributed by atoms with Crippen molar-refractivity contribution in [2.24, 2.45) is 0 Å². The zero-order valence-corrected chi connectivity index (χ0v) is 13.0. The van der Waals surface area contributed by atoms with Gasteiger partial charge in [0, 0.05) is 26.2 Å². The van der Waals surface area contributed by atoms with E-state index < -0.39 is 0 Å². The van der Waals surface area contributed by atoms with Crippen molar-refractivity contribution in [1.29, 1.82) is 0 Å². The SMILES string of the molecule is COC(=O)CCN(Cc1cccc(C)c1)CC1CCCO1. The Labute approximate surface area is 127 Å². The van der Waals surface area contributed by atoms with Crippen LogP contribution in [0.4, 0.5) is 0 Å².